The Morgan fingerprint density at radius 2 is 2.36 bits per heavy atom. The Labute approximate surface area is 133 Å². The van der Waals surface area contributed by atoms with Crippen molar-refractivity contribution in [1.82, 2.24) is 15.2 Å². The summed E-state index contributed by atoms with van der Waals surface area (Å²) >= 11 is 1.59. The zero-order valence-corrected chi connectivity index (χ0v) is 13.2. The van der Waals surface area contributed by atoms with E-state index < -0.39 is 0 Å². The summed E-state index contributed by atoms with van der Waals surface area (Å²) in [4.78, 5) is 4.24. The number of nitrogens with one attached hydrogen (secondary N) is 2. The van der Waals surface area contributed by atoms with Gasteiger partial charge in [0.15, 0.2) is 0 Å². The third-order valence-corrected chi connectivity index (χ3v) is 3.84. The van der Waals surface area contributed by atoms with Gasteiger partial charge in [-0.05, 0) is 24.5 Å². The van der Waals surface area contributed by atoms with Gasteiger partial charge in [-0.2, -0.15) is 10.1 Å². The molecule has 1 heterocycles. The van der Waals surface area contributed by atoms with Crippen LogP contribution >= 0.6 is 11.8 Å². The number of H-pyrrole nitrogens is 1. The zero-order valence-electron chi connectivity index (χ0n) is 12.4. The van der Waals surface area contributed by atoms with Crippen LogP contribution in [0.25, 0.3) is 0 Å². The SMILES string of the molecule is C=CCc1cccc(/C=N\Nc2nc(SCCC)n[nH]2)c1O. The molecular weight excluding hydrogens is 298 g/mol. The summed E-state index contributed by atoms with van der Waals surface area (Å²) in [5, 5.41) is 21.7. The van der Waals surface area contributed by atoms with E-state index in [1.807, 2.05) is 12.1 Å². The van der Waals surface area contributed by atoms with Crippen molar-refractivity contribution in [2.24, 2.45) is 5.10 Å². The fourth-order valence-electron chi connectivity index (χ4n) is 1.75. The maximum absolute atomic E-state index is 10.1. The number of hydrogen-bond acceptors (Lipinski definition) is 6. The standard InChI is InChI=1S/C15H19N5OS/c1-3-6-11-7-5-8-12(13(11)21)10-16-18-14-17-15(20-19-14)22-9-4-2/h3,5,7-8,10,21H,1,4,6,9H2,2H3,(H2,17,18,19,20)/b16-10-. The van der Waals surface area contributed by atoms with Crippen LogP contribution < -0.4 is 5.43 Å². The first kappa shape index (κ1) is 16.1. The van der Waals surface area contributed by atoms with E-state index >= 15 is 0 Å². The van der Waals surface area contributed by atoms with Gasteiger partial charge in [-0.25, -0.2) is 10.5 Å². The fraction of sp³-hybridized carbons (Fsp3) is 0.267. The van der Waals surface area contributed by atoms with Crippen LogP contribution in [0.2, 0.25) is 0 Å². The Bertz CT molecular complexity index is 653. The molecule has 1 aromatic heterocycles. The fourth-order valence-corrected chi connectivity index (χ4v) is 2.41. The second kappa shape index (κ2) is 8.23. The summed E-state index contributed by atoms with van der Waals surface area (Å²) in [5.74, 6) is 1.66. The van der Waals surface area contributed by atoms with Gasteiger partial charge < -0.3 is 5.11 Å². The third-order valence-electron chi connectivity index (χ3n) is 2.79. The maximum Gasteiger partial charge on any atom is 0.240 e. The van der Waals surface area contributed by atoms with Gasteiger partial charge in [0, 0.05) is 11.3 Å². The van der Waals surface area contributed by atoms with E-state index in [-0.39, 0.29) is 5.75 Å². The highest BCUT2D eigenvalue weighted by molar-refractivity contribution is 7.99. The molecular formula is C15H19N5OS. The van der Waals surface area contributed by atoms with E-state index in [2.05, 4.69) is 39.2 Å². The van der Waals surface area contributed by atoms with Crippen molar-refractivity contribution >= 4 is 23.9 Å². The molecule has 0 aliphatic rings. The van der Waals surface area contributed by atoms with Crippen molar-refractivity contribution in [2.45, 2.75) is 24.9 Å². The predicted molar refractivity (Wildman–Crippen MR) is 90.6 cm³/mol. The summed E-state index contributed by atoms with van der Waals surface area (Å²) in [5.41, 5.74) is 4.21. The predicted octanol–water partition coefficient (Wildman–Crippen LogP) is 3.19. The highest BCUT2D eigenvalue weighted by Gasteiger charge is 2.04. The lowest BCUT2D eigenvalue weighted by Gasteiger charge is -2.04. The molecule has 0 unspecified atom stereocenters. The van der Waals surface area contributed by atoms with E-state index in [0.29, 0.717) is 23.1 Å². The molecule has 0 saturated carbocycles. The van der Waals surface area contributed by atoms with Gasteiger partial charge in [-0.15, -0.1) is 11.7 Å². The number of thioether (sulfide) groups is 1. The minimum absolute atomic E-state index is 0.213. The normalized spacial score (nSPS) is 11.0. The van der Waals surface area contributed by atoms with Gasteiger partial charge in [0.2, 0.25) is 11.1 Å². The van der Waals surface area contributed by atoms with Crippen molar-refractivity contribution in [2.75, 3.05) is 11.2 Å². The van der Waals surface area contributed by atoms with E-state index in [1.165, 1.54) is 0 Å². The van der Waals surface area contributed by atoms with Gasteiger partial charge in [0.1, 0.15) is 5.75 Å². The highest BCUT2D eigenvalue weighted by Crippen LogP contribution is 2.21. The number of para-hydroxylation sites is 1. The molecule has 116 valence electrons. The summed E-state index contributed by atoms with van der Waals surface area (Å²) in [7, 11) is 0. The Morgan fingerprint density at radius 3 is 3.14 bits per heavy atom. The number of nitrogens with zero attached hydrogens (tertiary/aromatic N) is 3. The van der Waals surface area contributed by atoms with Crippen molar-refractivity contribution in [1.29, 1.82) is 0 Å². The average molecular weight is 317 g/mol. The molecule has 0 saturated heterocycles. The number of hydrazone groups is 1. The van der Waals surface area contributed by atoms with Crippen LogP contribution in [0.15, 0.2) is 41.1 Å². The van der Waals surface area contributed by atoms with Crippen molar-refractivity contribution in [3.05, 3.63) is 42.0 Å². The number of allylic oxidation sites excluding steroid dienone is 1. The lowest BCUT2D eigenvalue weighted by atomic mass is 10.1. The average Bonchev–Trinajstić information content (AvgIpc) is 2.97. The van der Waals surface area contributed by atoms with Gasteiger partial charge >= 0.3 is 0 Å². The number of aromatic hydroxyl groups is 1. The topological polar surface area (TPSA) is 86.2 Å². The zero-order chi connectivity index (χ0) is 15.8. The molecule has 6 nitrogen and oxygen atoms in total. The second-order valence-corrected chi connectivity index (χ2v) is 5.59. The molecule has 2 rings (SSSR count). The van der Waals surface area contributed by atoms with E-state index in [1.54, 1.807) is 30.1 Å². The molecule has 0 aliphatic heterocycles. The summed E-state index contributed by atoms with van der Waals surface area (Å²) in [6, 6.07) is 5.51. The Balaban J connectivity index is 1.99. The van der Waals surface area contributed by atoms with Gasteiger partial charge in [-0.1, -0.05) is 36.9 Å². The minimum Gasteiger partial charge on any atom is -0.507 e. The van der Waals surface area contributed by atoms with Crippen LogP contribution in [-0.2, 0) is 6.42 Å². The third kappa shape index (κ3) is 4.36. The minimum atomic E-state index is 0.213. The molecule has 0 fully saturated rings. The molecule has 3 N–H and O–H groups in total. The quantitative estimate of drug-likeness (QED) is 0.301. The molecule has 0 amide bonds. The molecule has 0 atom stereocenters. The van der Waals surface area contributed by atoms with Crippen molar-refractivity contribution < 1.29 is 5.11 Å². The number of benzene rings is 1. The number of phenolic OH excluding ortho intramolecular Hbond substituents is 1. The smallest absolute Gasteiger partial charge is 0.240 e. The van der Waals surface area contributed by atoms with Crippen LogP contribution in [0.4, 0.5) is 5.95 Å². The van der Waals surface area contributed by atoms with Crippen LogP contribution in [-0.4, -0.2) is 32.3 Å². The number of aromatic amines is 1. The summed E-state index contributed by atoms with van der Waals surface area (Å²) in [6.07, 6.45) is 4.98. The molecule has 2 aromatic rings. The van der Waals surface area contributed by atoms with E-state index in [4.69, 9.17) is 0 Å². The molecule has 22 heavy (non-hydrogen) atoms. The molecule has 0 radical (unpaired) electrons. The van der Waals surface area contributed by atoms with Crippen molar-refractivity contribution in [3.8, 4) is 5.75 Å². The molecule has 0 aliphatic carbocycles. The van der Waals surface area contributed by atoms with Crippen LogP contribution in [0.1, 0.15) is 24.5 Å². The summed E-state index contributed by atoms with van der Waals surface area (Å²) < 4.78 is 0. The maximum atomic E-state index is 10.1. The van der Waals surface area contributed by atoms with E-state index in [9.17, 15) is 5.11 Å². The first-order valence-corrected chi connectivity index (χ1v) is 7.99. The lowest BCUT2D eigenvalue weighted by Crippen LogP contribution is -1.94. The Kier molecular flexibility index (Phi) is 6.02. The molecule has 7 heteroatoms. The van der Waals surface area contributed by atoms with Gasteiger partial charge in [0.05, 0.1) is 6.21 Å². The first-order chi connectivity index (χ1) is 10.7. The van der Waals surface area contributed by atoms with Crippen LogP contribution in [0, 0.1) is 0 Å². The van der Waals surface area contributed by atoms with Gasteiger partial charge in [0.25, 0.3) is 0 Å². The number of phenols is 1. The van der Waals surface area contributed by atoms with Crippen molar-refractivity contribution in [3.63, 3.8) is 0 Å². The number of anilines is 1. The highest BCUT2D eigenvalue weighted by atomic mass is 32.2. The largest absolute Gasteiger partial charge is 0.507 e. The number of aromatic nitrogens is 3. The molecule has 0 spiro atoms. The molecule has 0 bridgehead atoms. The van der Waals surface area contributed by atoms with Crippen LogP contribution in [0.5, 0.6) is 5.75 Å². The Hall–Kier alpha value is -2.28. The number of hydrogen-bond donors (Lipinski definition) is 3. The first-order valence-electron chi connectivity index (χ1n) is 7.00. The van der Waals surface area contributed by atoms with Gasteiger partial charge in [-0.3, -0.25) is 0 Å². The monoisotopic (exact) mass is 317 g/mol. The second-order valence-electron chi connectivity index (χ2n) is 4.53. The lowest BCUT2D eigenvalue weighted by molar-refractivity contribution is 0.469. The van der Waals surface area contributed by atoms with Crippen LogP contribution in [0.3, 0.4) is 0 Å². The van der Waals surface area contributed by atoms with E-state index in [0.717, 1.165) is 17.7 Å². The summed E-state index contributed by atoms with van der Waals surface area (Å²) in [6.45, 7) is 5.78. The molecule has 1 aromatic carbocycles. The Morgan fingerprint density at radius 1 is 1.50 bits per heavy atom. The number of rotatable bonds is 8.